The van der Waals surface area contributed by atoms with Crippen LogP contribution in [0.5, 0.6) is 0 Å². The number of hydrogen-bond donors (Lipinski definition) is 4. The Kier molecular flexibility index (Phi) is 5.33. The van der Waals surface area contributed by atoms with Crippen molar-refractivity contribution in [2.24, 2.45) is 0 Å². The minimum Gasteiger partial charge on any atom is -0.480 e. The average Bonchev–Trinajstić information content (AvgIpc) is 2.94. The predicted octanol–water partition coefficient (Wildman–Crippen LogP) is 0.302. The van der Waals surface area contributed by atoms with E-state index in [-0.39, 0.29) is 24.0 Å². The number of unbranched alkanes of at least 4 members (excludes halogenated alkanes) is 1. The van der Waals surface area contributed by atoms with Crippen molar-refractivity contribution in [2.45, 2.75) is 56.0 Å². The first kappa shape index (κ1) is 15.9. The molecule has 0 aliphatic carbocycles. The van der Waals surface area contributed by atoms with E-state index in [2.05, 4.69) is 16.0 Å². The molecule has 4 N–H and O–H groups in total. The lowest BCUT2D eigenvalue weighted by atomic mass is 10.0. The van der Waals surface area contributed by atoms with E-state index in [1.54, 1.807) is 0 Å². The third kappa shape index (κ3) is 4.26. The van der Waals surface area contributed by atoms with E-state index in [1.165, 1.54) is 6.92 Å². The molecule has 2 fully saturated rings. The van der Waals surface area contributed by atoms with Crippen LogP contribution >= 0.6 is 11.8 Å². The van der Waals surface area contributed by atoms with Gasteiger partial charge in [-0.3, -0.25) is 9.59 Å². The molecule has 0 saturated carbocycles. The van der Waals surface area contributed by atoms with Crippen LogP contribution in [0.1, 0.15) is 32.6 Å². The Hall–Kier alpha value is -1.44. The summed E-state index contributed by atoms with van der Waals surface area (Å²) in [7, 11) is 0. The van der Waals surface area contributed by atoms with Gasteiger partial charge in [0.1, 0.15) is 6.04 Å². The van der Waals surface area contributed by atoms with Gasteiger partial charge in [-0.1, -0.05) is 6.42 Å². The lowest BCUT2D eigenvalue weighted by molar-refractivity contribution is -0.141. The maximum absolute atomic E-state index is 11.5. The van der Waals surface area contributed by atoms with Crippen LogP contribution in [0.2, 0.25) is 0 Å². The Morgan fingerprint density at radius 1 is 1.43 bits per heavy atom. The van der Waals surface area contributed by atoms with Gasteiger partial charge in [0.2, 0.25) is 5.91 Å². The normalized spacial score (nSPS) is 28.4. The molecule has 0 spiro atoms. The van der Waals surface area contributed by atoms with E-state index in [0.29, 0.717) is 11.7 Å². The van der Waals surface area contributed by atoms with Crippen LogP contribution < -0.4 is 16.0 Å². The molecule has 1 unspecified atom stereocenters. The number of aliphatic carboxylic acids is 1. The molecule has 21 heavy (non-hydrogen) atoms. The topological polar surface area (TPSA) is 108 Å². The van der Waals surface area contributed by atoms with Gasteiger partial charge in [-0.25, -0.2) is 4.79 Å². The number of thioether (sulfide) groups is 1. The molecule has 2 saturated heterocycles. The van der Waals surface area contributed by atoms with Crippen molar-refractivity contribution < 1.29 is 19.5 Å². The predicted molar refractivity (Wildman–Crippen MR) is 79.2 cm³/mol. The number of carbonyl (C=O) groups excluding carboxylic acids is 2. The number of carboxylic acid groups (broad SMARTS) is 1. The standard InChI is InChI=1S/C13H21N3O4S/c1-7(12(18)19)14-10(17)5-3-2-4-9-11-8(6-21-9)15-13(20)16-11/h7-9,11H,2-6H2,1H3,(H,14,17)(H,18,19)(H2,15,16,20)/t7?,8-,9-,11-/m0/s1. The summed E-state index contributed by atoms with van der Waals surface area (Å²) in [6.45, 7) is 1.45. The Labute approximate surface area is 127 Å². The van der Waals surface area contributed by atoms with Gasteiger partial charge in [0.15, 0.2) is 0 Å². The summed E-state index contributed by atoms with van der Waals surface area (Å²) >= 11 is 1.85. The number of fused-ring (bicyclic) bond motifs is 1. The highest BCUT2D eigenvalue weighted by Crippen LogP contribution is 2.33. The Morgan fingerprint density at radius 3 is 2.90 bits per heavy atom. The van der Waals surface area contributed by atoms with Crippen LogP contribution in [-0.2, 0) is 9.59 Å². The lowest BCUT2D eigenvalue weighted by Crippen LogP contribution is -2.38. The third-order valence-corrected chi connectivity index (χ3v) is 5.34. The zero-order valence-corrected chi connectivity index (χ0v) is 12.7. The minimum absolute atomic E-state index is 0.0858. The number of rotatable bonds is 7. The molecular weight excluding hydrogens is 294 g/mol. The van der Waals surface area contributed by atoms with E-state index >= 15 is 0 Å². The molecule has 2 heterocycles. The highest BCUT2D eigenvalue weighted by molar-refractivity contribution is 8.00. The highest BCUT2D eigenvalue weighted by atomic mass is 32.2. The maximum atomic E-state index is 11.5. The number of carbonyl (C=O) groups is 3. The summed E-state index contributed by atoms with van der Waals surface area (Å²) in [5, 5.41) is 17.4. The Balaban J connectivity index is 1.61. The molecule has 0 aromatic heterocycles. The zero-order chi connectivity index (χ0) is 15.4. The first-order chi connectivity index (χ1) is 9.97. The van der Waals surface area contributed by atoms with Gasteiger partial charge in [-0.05, 0) is 19.8 Å². The molecule has 8 heteroatoms. The fraction of sp³-hybridized carbons (Fsp3) is 0.769. The monoisotopic (exact) mass is 315 g/mol. The molecule has 0 aromatic rings. The zero-order valence-electron chi connectivity index (χ0n) is 11.9. The number of amides is 3. The quantitative estimate of drug-likeness (QED) is 0.399. The van der Waals surface area contributed by atoms with E-state index in [4.69, 9.17) is 5.11 Å². The molecular formula is C13H21N3O4S. The molecule has 4 atom stereocenters. The van der Waals surface area contributed by atoms with Gasteiger partial charge in [-0.15, -0.1) is 0 Å². The average molecular weight is 315 g/mol. The first-order valence-corrected chi connectivity index (χ1v) is 8.23. The van der Waals surface area contributed by atoms with E-state index in [1.807, 2.05) is 11.8 Å². The second-order valence-electron chi connectivity index (χ2n) is 5.50. The van der Waals surface area contributed by atoms with Crippen LogP contribution in [-0.4, -0.2) is 52.1 Å². The van der Waals surface area contributed by atoms with Crippen LogP contribution in [0, 0.1) is 0 Å². The van der Waals surface area contributed by atoms with Gasteiger partial charge < -0.3 is 21.1 Å². The fourth-order valence-electron chi connectivity index (χ4n) is 2.65. The summed E-state index contributed by atoms with van der Waals surface area (Å²) in [6, 6.07) is -0.503. The molecule has 7 nitrogen and oxygen atoms in total. The smallest absolute Gasteiger partial charge is 0.325 e. The van der Waals surface area contributed by atoms with Gasteiger partial charge in [0, 0.05) is 17.4 Å². The van der Waals surface area contributed by atoms with Gasteiger partial charge in [0.25, 0.3) is 0 Å². The SMILES string of the molecule is CC(NC(=O)CCCC[C@@H]1SC[C@@H]2NC(=O)N[C@@H]21)C(=O)O. The fourth-order valence-corrected chi connectivity index (χ4v) is 4.19. The molecule has 2 rings (SSSR count). The highest BCUT2D eigenvalue weighted by Gasteiger charge is 2.42. The summed E-state index contributed by atoms with van der Waals surface area (Å²) in [6.07, 6.45) is 2.92. The number of carboxylic acids is 1. The molecule has 0 aromatic carbocycles. The van der Waals surface area contributed by atoms with Crippen LogP contribution in [0.3, 0.4) is 0 Å². The number of nitrogens with one attached hydrogen (secondary N) is 3. The van der Waals surface area contributed by atoms with Crippen molar-refractivity contribution in [3.05, 3.63) is 0 Å². The lowest BCUT2D eigenvalue weighted by Gasteiger charge is -2.16. The van der Waals surface area contributed by atoms with Crippen molar-refractivity contribution in [2.75, 3.05) is 5.75 Å². The van der Waals surface area contributed by atoms with Crippen molar-refractivity contribution >= 4 is 29.7 Å². The van der Waals surface area contributed by atoms with E-state index in [9.17, 15) is 14.4 Å². The number of hydrogen-bond acceptors (Lipinski definition) is 4. The van der Waals surface area contributed by atoms with E-state index < -0.39 is 12.0 Å². The second kappa shape index (κ2) is 7.02. The van der Waals surface area contributed by atoms with Crippen LogP contribution in [0.15, 0.2) is 0 Å². The molecule has 0 radical (unpaired) electrons. The summed E-state index contributed by atoms with van der Waals surface area (Å²) in [4.78, 5) is 33.4. The third-order valence-electron chi connectivity index (χ3n) is 3.83. The molecule has 2 aliphatic rings. The van der Waals surface area contributed by atoms with Crippen LogP contribution in [0.25, 0.3) is 0 Å². The van der Waals surface area contributed by atoms with E-state index in [0.717, 1.165) is 25.0 Å². The van der Waals surface area contributed by atoms with Crippen molar-refractivity contribution in [3.63, 3.8) is 0 Å². The summed E-state index contributed by atoms with van der Waals surface area (Å²) in [5.74, 6) is -0.316. The summed E-state index contributed by atoms with van der Waals surface area (Å²) in [5.41, 5.74) is 0. The van der Waals surface area contributed by atoms with Gasteiger partial charge >= 0.3 is 12.0 Å². The molecule has 118 valence electrons. The number of urea groups is 1. The van der Waals surface area contributed by atoms with Crippen molar-refractivity contribution in [1.29, 1.82) is 0 Å². The van der Waals surface area contributed by atoms with Gasteiger partial charge in [-0.2, -0.15) is 11.8 Å². The summed E-state index contributed by atoms with van der Waals surface area (Å²) < 4.78 is 0. The van der Waals surface area contributed by atoms with Crippen molar-refractivity contribution in [1.82, 2.24) is 16.0 Å². The Bertz CT molecular complexity index is 432. The minimum atomic E-state index is -1.03. The first-order valence-electron chi connectivity index (χ1n) is 7.18. The van der Waals surface area contributed by atoms with Crippen LogP contribution in [0.4, 0.5) is 4.79 Å². The Morgan fingerprint density at radius 2 is 2.19 bits per heavy atom. The van der Waals surface area contributed by atoms with Crippen molar-refractivity contribution in [3.8, 4) is 0 Å². The molecule has 0 bridgehead atoms. The molecule has 3 amide bonds. The molecule has 2 aliphatic heterocycles. The largest absolute Gasteiger partial charge is 0.480 e. The second-order valence-corrected chi connectivity index (χ2v) is 6.77. The maximum Gasteiger partial charge on any atom is 0.325 e. The van der Waals surface area contributed by atoms with Gasteiger partial charge in [0.05, 0.1) is 12.1 Å².